The van der Waals surface area contributed by atoms with Gasteiger partial charge in [-0.2, -0.15) is 4.98 Å². The van der Waals surface area contributed by atoms with Crippen LogP contribution in [-0.2, 0) is 20.1 Å². The monoisotopic (exact) mass is 593 g/mol. The summed E-state index contributed by atoms with van der Waals surface area (Å²) in [6.07, 6.45) is 1.21. The highest BCUT2D eigenvalue weighted by Gasteiger charge is 2.42. The Morgan fingerprint density at radius 1 is 1.15 bits per heavy atom. The second-order valence-corrected chi connectivity index (χ2v) is 12.6. The maximum Gasteiger partial charge on any atom is 0.260 e. The Hall–Kier alpha value is -3.34. The molecule has 11 heteroatoms. The number of Topliss-reactive ketones (excluding diaryl/α,β-unsaturated/α-hetero) is 1. The summed E-state index contributed by atoms with van der Waals surface area (Å²) in [5.41, 5.74) is 3.37. The van der Waals surface area contributed by atoms with Gasteiger partial charge < -0.3 is 19.7 Å². The van der Waals surface area contributed by atoms with Crippen LogP contribution in [-0.4, -0.2) is 64.3 Å². The van der Waals surface area contributed by atoms with Gasteiger partial charge in [-0.3, -0.25) is 9.59 Å². The molecule has 1 amide bonds. The Morgan fingerprint density at radius 3 is 2.66 bits per heavy atom. The highest BCUT2D eigenvalue weighted by Crippen LogP contribution is 2.46. The van der Waals surface area contributed by atoms with Gasteiger partial charge in [0.05, 0.1) is 13.2 Å². The van der Waals surface area contributed by atoms with E-state index in [1.165, 1.54) is 11.8 Å². The number of nitrogens with zero attached hydrogens (tertiary/aromatic N) is 4. The first kappa shape index (κ1) is 27.8. The van der Waals surface area contributed by atoms with E-state index in [0.29, 0.717) is 60.4 Å². The average molecular weight is 594 g/mol. The third-order valence-corrected chi connectivity index (χ3v) is 8.80. The fourth-order valence-corrected chi connectivity index (χ4v) is 6.63. The van der Waals surface area contributed by atoms with Gasteiger partial charge in [0.25, 0.3) is 5.91 Å². The summed E-state index contributed by atoms with van der Waals surface area (Å²) in [6.45, 7) is 6.45. The van der Waals surface area contributed by atoms with E-state index in [0.717, 1.165) is 28.8 Å². The van der Waals surface area contributed by atoms with Crippen LogP contribution in [0, 0.1) is 5.41 Å². The summed E-state index contributed by atoms with van der Waals surface area (Å²) in [7, 11) is 0. The number of carbonyl (C=O) groups is 2. The lowest BCUT2D eigenvalue weighted by molar-refractivity contribution is -0.137. The predicted octanol–water partition coefficient (Wildman–Crippen LogP) is 5.12. The molecule has 0 spiro atoms. The molecule has 1 fully saturated rings. The molecular weight excluding hydrogens is 562 g/mol. The molecule has 41 heavy (non-hydrogen) atoms. The molecule has 1 atom stereocenters. The zero-order chi connectivity index (χ0) is 28.6. The molecule has 1 saturated heterocycles. The number of hydrogen-bond donors (Lipinski definition) is 1. The molecule has 3 aromatic rings. The third kappa shape index (κ3) is 6.00. The number of rotatable bonds is 7. The van der Waals surface area contributed by atoms with Crippen molar-refractivity contribution in [3.05, 3.63) is 76.0 Å². The van der Waals surface area contributed by atoms with Gasteiger partial charge in [-0.15, -0.1) is 5.10 Å². The molecular formula is C30H32ClN5O4S. The quantitative estimate of drug-likeness (QED) is 0.377. The lowest BCUT2D eigenvalue weighted by atomic mass is 9.73. The van der Waals surface area contributed by atoms with Crippen molar-refractivity contribution >= 4 is 41.0 Å². The first-order chi connectivity index (χ1) is 19.8. The average Bonchev–Trinajstić information content (AvgIpc) is 3.37. The minimum absolute atomic E-state index is 0.0329. The Bertz CT molecular complexity index is 1500. The first-order valence-electron chi connectivity index (χ1n) is 13.7. The molecule has 3 heterocycles. The molecule has 9 nitrogen and oxygen atoms in total. The number of hydrogen-bond acceptors (Lipinski definition) is 8. The maximum atomic E-state index is 13.5. The molecule has 6 rings (SSSR count). The molecule has 0 radical (unpaired) electrons. The lowest BCUT2D eigenvalue weighted by Crippen LogP contribution is -2.42. The van der Waals surface area contributed by atoms with Gasteiger partial charge in [0, 0.05) is 41.6 Å². The summed E-state index contributed by atoms with van der Waals surface area (Å²) < 4.78 is 12.9. The van der Waals surface area contributed by atoms with E-state index >= 15 is 0 Å². The largest absolute Gasteiger partial charge is 0.484 e. The number of ether oxygens (including phenoxy) is 2. The van der Waals surface area contributed by atoms with Gasteiger partial charge in [-0.25, -0.2) is 4.68 Å². The zero-order valence-electron chi connectivity index (χ0n) is 23.1. The molecule has 214 valence electrons. The number of halogens is 1. The van der Waals surface area contributed by atoms with E-state index in [2.05, 4.69) is 19.2 Å². The Kier molecular flexibility index (Phi) is 7.80. The summed E-state index contributed by atoms with van der Waals surface area (Å²) in [5.74, 6) is 1.87. The fraction of sp³-hybridized carbons (Fsp3) is 0.400. The summed E-state index contributed by atoms with van der Waals surface area (Å²) in [5, 5.41) is 9.57. The lowest BCUT2D eigenvalue weighted by Gasteiger charge is -2.38. The van der Waals surface area contributed by atoms with Crippen molar-refractivity contribution in [2.45, 2.75) is 43.6 Å². The van der Waals surface area contributed by atoms with Crippen LogP contribution in [0.15, 0.2) is 65.0 Å². The van der Waals surface area contributed by atoms with Crippen molar-refractivity contribution in [3.63, 3.8) is 0 Å². The van der Waals surface area contributed by atoms with Crippen molar-refractivity contribution in [1.29, 1.82) is 0 Å². The number of allylic oxidation sites excluding steroid dienone is 2. The number of ketones is 1. The molecule has 1 N–H and O–H groups in total. The van der Waals surface area contributed by atoms with E-state index in [9.17, 15) is 9.59 Å². The van der Waals surface area contributed by atoms with Crippen LogP contribution in [0.25, 0.3) is 0 Å². The van der Waals surface area contributed by atoms with Gasteiger partial charge in [-0.1, -0.05) is 67.5 Å². The van der Waals surface area contributed by atoms with Crippen molar-refractivity contribution < 1.29 is 19.1 Å². The SMILES string of the molecule is CC1(C)CC(=O)C2=C(C1)Nc1nc(SCc3ccccc3Cl)nn1C2c1ccc(OCC(=O)N2CCOCC2)cc1. The summed E-state index contributed by atoms with van der Waals surface area (Å²) in [6, 6.07) is 14.9. The fourth-order valence-electron chi connectivity index (χ4n) is 5.51. The normalized spacial score (nSPS) is 19.8. The van der Waals surface area contributed by atoms with Crippen molar-refractivity contribution in [3.8, 4) is 5.75 Å². The van der Waals surface area contributed by atoms with Gasteiger partial charge in [-0.05, 0) is 41.2 Å². The van der Waals surface area contributed by atoms with Gasteiger partial charge in [0.15, 0.2) is 12.4 Å². The van der Waals surface area contributed by atoms with Crippen LogP contribution < -0.4 is 10.1 Å². The summed E-state index contributed by atoms with van der Waals surface area (Å²) in [4.78, 5) is 32.6. The third-order valence-electron chi connectivity index (χ3n) is 7.55. The maximum absolute atomic E-state index is 13.5. The van der Waals surface area contributed by atoms with Gasteiger partial charge in [0.2, 0.25) is 11.1 Å². The van der Waals surface area contributed by atoms with Crippen LogP contribution in [0.3, 0.4) is 0 Å². The van der Waals surface area contributed by atoms with Crippen molar-refractivity contribution in [2.75, 3.05) is 38.2 Å². The van der Waals surface area contributed by atoms with Crippen LogP contribution in [0.4, 0.5) is 5.95 Å². The molecule has 2 aromatic carbocycles. The molecule has 1 aromatic heterocycles. The highest BCUT2D eigenvalue weighted by molar-refractivity contribution is 7.98. The molecule has 1 unspecified atom stereocenters. The second kappa shape index (κ2) is 11.5. The smallest absolute Gasteiger partial charge is 0.260 e. The second-order valence-electron chi connectivity index (χ2n) is 11.3. The highest BCUT2D eigenvalue weighted by atomic mass is 35.5. The standard InChI is InChI=1S/C30H32ClN5O4S/c1-30(2)15-23-26(24(37)16-30)27(19-7-9-21(10-8-19)40-17-25(38)35-11-13-39-14-12-35)36-28(32-23)33-29(34-36)41-18-20-5-3-4-6-22(20)31/h3-10,27H,11-18H2,1-2H3,(H,32,33,34). The van der Waals surface area contributed by atoms with E-state index in [1.54, 1.807) is 4.90 Å². The Labute approximate surface area is 248 Å². The Morgan fingerprint density at radius 2 is 1.90 bits per heavy atom. The molecule has 1 aliphatic carbocycles. The van der Waals surface area contributed by atoms with Crippen LogP contribution >= 0.6 is 23.4 Å². The van der Waals surface area contributed by atoms with Gasteiger partial charge in [0.1, 0.15) is 11.8 Å². The molecule has 0 bridgehead atoms. The number of carbonyl (C=O) groups excluding carboxylic acids is 2. The predicted molar refractivity (Wildman–Crippen MR) is 157 cm³/mol. The topological polar surface area (TPSA) is 98.6 Å². The molecule has 3 aliphatic rings. The number of amides is 1. The van der Waals surface area contributed by atoms with Crippen LogP contribution in [0.1, 0.15) is 43.9 Å². The number of aromatic nitrogens is 3. The van der Waals surface area contributed by atoms with E-state index in [4.69, 9.17) is 31.2 Å². The molecule has 2 aliphatic heterocycles. The molecule has 0 saturated carbocycles. The minimum Gasteiger partial charge on any atom is -0.484 e. The number of fused-ring (bicyclic) bond motifs is 1. The number of anilines is 1. The van der Waals surface area contributed by atoms with E-state index < -0.39 is 6.04 Å². The first-order valence-corrected chi connectivity index (χ1v) is 15.1. The Balaban J connectivity index is 1.25. The summed E-state index contributed by atoms with van der Waals surface area (Å²) >= 11 is 7.86. The number of nitrogens with one attached hydrogen (secondary N) is 1. The van der Waals surface area contributed by atoms with Crippen molar-refractivity contribution in [1.82, 2.24) is 19.7 Å². The van der Waals surface area contributed by atoms with E-state index in [-0.39, 0.29) is 23.7 Å². The minimum atomic E-state index is -0.420. The van der Waals surface area contributed by atoms with E-state index in [1.807, 2.05) is 53.2 Å². The van der Waals surface area contributed by atoms with Gasteiger partial charge >= 0.3 is 0 Å². The zero-order valence-corrected chi connectivity index (χ0v) is 24.6. The number of benzene rings is 2. The van der Waals surface area contributed by atoms with Crippen LogP contribution in [0.2, 0.25) is 5.02 Å². The number of morpholine rings is 1. The number of thioether (sulfide) groups is 1. The van der Waals surface area contributed by atoms with Crippen molar-refractivity contribution in [2.24, 2.45) is 5.41 Å². The van der Waals surface area contributed by atoms with Crippen LogP contribution in [0.5, 0.6) is 5.75 Å².